The van der Waals surface area contributed by atoms with Crippen LogP contribution in [0.2, 0.25) is 0 Å². The molecule has 0 unspecified atom stereocenters. The van der Waals surface area contributed by atoms with Crippen molar-refractivity contribution in [3.8, 4) is 11.3 Å². The van der Waals surface area contributed by atoms with Gasteiger partial charge in [-0.25, -0.2) is 13.4 Å². The Morgan fingerprint density at radius 1 is 1.08 bits per heavy atom. The molecule has 2 aromatic heterocycles. The first kappa shape index (κ1) is 25.2. The van der Waals surface area contributed by atoms with E-state index < -0.39 is 9.84 Å². The molecule has 2 aromatic carbocycles. The summed E-state index contributed by atoms with van der Waals surface area (Å²) in [6.07, 6.45) is 3.41. The highest BCUT2D eigenvalue weighted by Crippen LogP contribution is 2.38. The molecule has 0 aliphatic carbocycles. The van der Waals surface area contributed by atoms with Gasteiger partial charge in [0.25, 0.3) is 5.91 Å². The van der Waals surface area contributed by atoms with Crippen LogP contribution >= 0.6 is 0 Å². The molecule has 3 heterocycles. The van der Waals surface area contributed by atoms with Crippen LogP contribution in [0.15, 0.2) is 77.8 Å². The number of anilines is 3. The van der Waals surface area contributed by atoms with Crippen LogP contribution in [0.5, 0.6) is 0 Å². The van der Waals surface area contributed by atoms with E-state index in [0.717, 1.165) is 28.9 Å². The van der Waals surface area contributed by atoms with Crippen molar-refractivity contribution in [2.75, 3.05) is 30.5 Å². The standard InChI is InChI=1S/C28H27N5O4S/c1-33-14-12-22-25(28(33)35)27(30-20-8-4-3-5-9-20)26(31-22)19-11-13-29-23(17-19)32-24(34)16-18-7-6-10-21(15-18)38(2,36)37/h3-11,13,15,17,30-31H,12,14,16H2,1-2H3,(H,29,32,34). The van der Waals surface area contributed by atoms with Gasteiger partial charge in [-0.1, -0.05) is 30.3 Å². The number of benzene rings is 2. The molecule has 10 heteroatoms. The van der Waals surface area contributed by atoms with E-state index >= 15 is 0 Å². The zero-order valence-corrected chi connectivity index (χ0v) is 21.8. The molecule has 194 valence electrons. The fourth-order valence-electron chi connectivity index (χ4n) is 4.47. The minimum absolute atomic E-state index is 0.00623. The second-order valence-corrected chi connectivity index (χ2v) is 11.3. The van der Waals surface area contributed by atoms with E-state index in [9.17, 15) is 18.0 Å². The van der Waals surface area contributed by atoms with E-state index in [4.69, 9.17) is 0 Å². The van der Waals surface area contributed by atoms with Crippen molar-refractivity contribution in [2.24, 2.45) is 0 Å². The first-order valence-electron chi connectivity index (χ1n) is 12.1. The van der Waals surface area contributed by atoms with Crippen LogP contribution in [-0.2, 0) is 27.5 Å². The number of hydrogen-bond acceptors (Lipinski definition) is 6. The van der Waals surface area contributed by atoms with Crippen LogP contribution < -0.4 is 10.6 Å². The number of nitrogens with one attached hydrogen (secondary N) is 3. The Hall–Kier alpha value is -4.44. The number of sulfone groups is 1. The minimum atomic E-state index is -3.37. The zero-order chi connectivity index (χ0) is 26.9. The SMILES string of the molecule is CN1CCc2[nH]c(-c3ccnc(NC(=O)Cc4cccc(S(C)(=O)=O)c4)c3)c(Nc3ccccc3)c2C1=O. The molecule has 0 radical (unpaired) electrons. The molecule has 0 bridgehead atoms. The maximum atomic E-state index is 13.1. The summed E-state index contributed by atoms with van der Waals surface area (Å²) in [7, 11) is -1.58. The van der Waals surface area contributed by atoms with E-state index in [1.54, 1.807) is 36.3 Å². The molecule has 3 N–H and O–H groups in total. The summed E-state index contributed by atoms with van der Waals surface area (Å²) >= 11 is 0. The third-order valence-electron chi connectivity index (χ3n) is 6.39. The van der Waals surface area contributed by atoms with Crippen LogP contribution in [-0.4, -0.2) is 54.9 Å². The first-order chi connectivity index (χ1) is 18.2. The predicted octanol–water partition coefficient (Wildman–Crippen LogP) is 4.03. The Morgan fingerprint density at radius 2 is 1.87 bits per heavy atom. The molecule has 5 rings (SSSR count). The molecular weight excluding hydrogens is 502 g/mol. The van der Waals surface area contributed by atoms with Crippen molar-refractivity contribution in [2.45, 2.75) is 17.7 Å². The number of nitrogens with zero attached hydrogens (tertiary/aromatic N) is 2. The van der Waals surface area contributed by atoms with Gasteiger partial charge in [0, 0.05) is 49.4 Å². The lowest BCUT2D eigenvalue weighted by atomic mass is 10.0. The van der Waals surface area contributed by atoms with Crippen molar-refractivity contribution in [1.82, 2.24) is 14.9 Å². The van der Waals surface area contributed by atoms with Gasteiger partial charge in [-0.15, -0.1) is 0 Å². The highest BCUT2D eigenvalue weighted by Gasteiger charge is 2.30. The summed E-state index contributed by atoms with van der Waals surface area (Å²) < 4.78 is 23.7. The normalized spacial score (nSPS) is 13.2. The fraction of sp³-hybridized carbons (Fsp3) is 0.179. The fourth-order valence-corrected chi connectivity index (χ4v) is 5.16. The quantitative estimate of drug-likeness (QED) is 0.332. The van der Waals surface area contributed by atoms with Crippen LogP contribution in [0.25, 0.3) is 11.3 Å². The minimum Gasteiger partial charge on any atom is -0.356 e. The topological polar surface area (TPSA) is 124 Å². The van der Waals surface area contributed by atoms with Crippen molar-refractivity contribution in [1.29, 1.82) is 0 Å². The second kappa shape index (κ2) is 10.1. The number of hydrogen-bond donors (Lipinski definition) is 3. The Bertz CT molecular complexity index is 1630. The van der Waals surface area contributed by atoms with Crippen molar-refractivity contribution in [3.05, 3.63) is 89.7 Å². The van der Waals surface area contributed by atoms with Gasteiger partial charge in [0.15, 0.2) is 9.84 Å². The number of fused-ring (bicyclic) bond motifs is 1. The van der Waals surface area contributed by atoms with Crippen LogP contribution in [0.4, 0.5) is 17.2 Å². The smallest absolute Gasteiger partial charge is 0.257 e. The highest BCUT2D eigenvalue weighted by molar-refractivity contribution is 7.90. The molecule has 2 amide bonds. The number of carbonyl (C=O) groups is 2. The average molecular weight is 530 g/mol. The van der Waals surface area contributed by atoms with Crippen LogP contribution in [0.3, 0.4) is 0 Å². The highest BCUT2D eigenvalue weighted by atomic mass is 32.2. The number of H-pyrrole nitrogens is 1. The van der Waals surface area contributed by atoms with E-state index in [0.29, 0.717) is 35.6 Å². The molecular formula is C28H27N5O4S. The number of aromatic nitrogens is 2. The number of carbonyl (C=O) groups excluding carboxylic acids is 2. The van der Waals surface area contributed by atoms with Gasteiger partial charge >= 0.3 is 0 Å². The average Bonchev–Trinajstić information content (AvgIpc) is 3.25. The van der Waals surface area contributed by atoms with E-state index in [1.807, 2.05) is 36.4 Å². The lowest BCUT2D eigenvalue weighted by molar-refractivity contribution is -0.115. The summed E-state index contributed by atoms with van der Waals surface area (Å²) in [5, 5.41) is 6.20. The third-order valence-corrected chi connectivity index (χ3v) is 7.50. The summed E-state index contributed by atoms with van der Waals surface area (Å²) in [5.41, 5.74) is 5.02. The largest absolute Gasteiger partial charge is 0.356 e. The number of rotatable bonds is 7. The predicted molar refractivity (Wildman–Crippen MR) is 146 cm³/mol. The molecule has 0 spiro atoms. The van der Waals surface area contributed by atoms with E-state index in [-0.39, 0.29) is 23.1 Å². The Kier molecular flexibility index (Phi) is 6.73. The summed E-state index contributed by atoms with van der Waals surface area (Å²) in [6, 6.07) is 19.5. The van der Waals surface area contributed by atoms with Crippen LogP contribution in [0, 0.1) is 0 Å². The third kappa shape index (κ3) is 5.30. The maximum Gasteiger partial charge on any atom is 0.257 e. The van der Waals surface area contributed by atoms with Crippen molar-refractivity contribution >= 4 is 38.8 Å². The van der Waals surface area contributed by atoms with Gasteiger partial charge in [0.05, 0.1) is 28.3 Å². The second-order valence-electron chi connectivity index (χ2n) is 9.27. The molecule has 9 nitrogen and oxygen atoms in total. The van der Waals surface area contributed by atoms with Gasteiger partial charge in [0.2, 0.25) is 5.91 Å². The van der Waals surface area contributed by atoms with Crippen molar-refractivity contribution < 1.29 is 18.0 Å². The number of amides is 2. The first-order valence-corrected chi connectivity index (χ1v) is 14.0. The number of pyridine rings is 1. The molecule has 0 saturated heterocycles. The maximum absolute atomic E-state index is 13.1. The Morgan fingerprint density at radius 3 is 2.63 bits per heavy atom. The summed E-state index contributed by atoms with van der Waals surface area (Å²) in [5.74, 6) is -0.0509. The zero-order valence-electron chi connectivity index (χ0n) is 21.0. The number of aromatic amines is 1. The van der Waals surface area contributed by atoms with Gasteiger partial charge in [-0.05, 0) is 42.0 Å². The van der Waals surface area contributed by atoms with Gasteiger partial charge in [-0.3, -0.25) is 9.59 Å². The van der Waals surface area contributed by atoms with Gasteiger partial charge in [-0.2, -0.15) is 0 Å². The molecule has 0 fully saturated rings. The van der Waals surface area contributed by atoms with Crippen molar-refractivity contribution in [3.63, 3.8) is 0 Å². The van der Waals surface area contributed by atoms with Gasteiger partial charge in [0.1, 0.15) is 5.82 Å². The van der Waals surface area contributed by atoms with Gasteiger partial charge < -0.3 is 20.5 Å². The molecule has 38 heavy (non-hydrogen) atoms. The number of para-hydroxylation sites is 1. The number of likely N-dealkylation sites (N-methyl/N-ethyl adjacent to an activating group) is 1. The molecule has 1 aliphatic rings. The molecule has 0 atom stereocenters. The molecule has 0 saturated carbocycles. The lowest BCUT2D eigenvalue weighted by Gasteiger charge is -2.23. The van der Waals surface area contributed by atoms with E-state index in [2.05, 4.69) is 20.6 Å². The molecule has 1 aliphatic heterocycles. The van der Waals surface area contributed by atoms with Crippen LogP contribution in [0.1, 0.15) is 21.6 Å². The Labute approximate surface area is 220 Å². The summed E-state index contributed by atoms with van der Waals surface area (Å²) in [4.78, 5) is 35.4. The summed E-state index contributed by atoms with van der Waals surface area (Å²) in [6.45, 7) is 0.620. The Balaban J connectivity index is 1.44. The monoisotopic (exact) mass is 529 g/mol. The van der Waals surface area contributed by atoms with E-state index in [1.165, 1.54) is 12.1 Å². The molecule has 4 aromatic rings. The lowest BCUT2D eigenvalue weighted by Crippen LogP contribution is -2.34.